The van der Waals surface area contributed by atoms with Crippen molar-refractivity contribution in [3.63, 3.8) is 0 Å². The normalized spacial score (nSPS) is 14.2. The number of morpholine rings is 1. The topological polar surface area (TPSA) is 131 Å². The predicted octanol–water partition coefficient (Wildman–Crippen LogP) is 1.66. The van der Waals surface area contributed by atoms with E-state index in [9.17, 15) is 14.9 Å². The first-order chi connectivity index (χ1) is 12.1. The zero-order valence-corrected chi connectivity index (χ0v) is 13.1. The Morgan fingerprint density at radius 3 is 2.52 bits per heavy atom. The maximum absolute atomic E-state index is 11.6. The Hall–Kier alpha value is -3.27. The molecule has 1 aliphatic heterocycles. The molecule has 10 nitrogen and oxygen atoms in total. The summed E-state index contributed by atoms with van der Waals surface area (Å²) < 4.78 is 5.26. The fourth-order valence-electron chi connectivity index (χ4n) is 2.47. The molecular weight excluding hydrogens is 330 g/mol. The van der Waals surface area contributed by atoms with Crippen LogP contribution < -0.4 is 10.2 Å². The van der Waals surface area contributed by atoms with Gasteiger partial charge in [-0.2, -0.15) is 0 Å². The maximum Gasteiger partial charge on any atom is 0.353 e. The van der Waals surface area contributed by atoms with Crippen LogP contribution in [-0.2, 0) is 4.74 Å². The number of benzene rings is 1. The summed E-state index contributed by atoms with van der Waals surface area (Å²) in [5, 5.41) is 23.3. The lowest BCUT2D eigenvalue weighted by Crippen LogP contribution is -2.37. The molecule has 0 bridgehead atoms. The first kappa shape index (κ1) is 16.6. The van der Waals surface area contributed by atoms with Crippen LogP contribution >= 0.6 is 0 Å². The summed E-state index contributed by atoms with van der Waals surface area (Å²) in [6.45, 7) is 1.95. The lowest BCUT2D eigenvalue weighted by Gasteiger charge is -2.27. The van der Waals surface area contributed by atoms with E-state index in [1.54, 1.807) is 4.90 Å². The van der Waals surface area contributed by atoms with E-state index in [-0.39, 0.29) is 22.9 Å². The minimum absolute atomic E-state index is 0.0459. The number of aromatic carboxylic acids is 1. The Bertz CT molecular complexity index is 789. The third-order valence-corrected chi connectivity index (χ3v) is 3.69. The molecule has 0 saturated carbocycles. The molecule has 25 heavy (non-hydrogen) atoms. The SMILES string of the molecule is O=C(O)c1ccc(Nc2ncnc(N3CCOCC3)c2[N+](=O)[O-])cc1. The molecular formula is C15H15N5O5. The smallest absolute Gasteiger partial charge is 0.353 e. The van der Waals surface area contributed by atoms with Gasteiger partial charge >= 0.3 is 11.7 Å². The zero-order chi connectivity index (χ0) is 17.8. The molecule has 0 aliphatic carbocycles. The lowest BCUT2D eigenvalue weighted by molar-refractivity contribution is -0.383. The number of nitro groups is 1. The van der Waals surface area contributed by atoms with Crippen LogP contribution in [-0.4, -0.2) is 52.3 Å². The molecule has 0 atom stereocenters. The summed E-state index contributed by atoms with van der Waals surface area (Å²) in [6, 6.07) is 5.84. The number of ether oxygens (including phenoxy) is 1. The average molecular weight is 345 g/mol. The van der Waals surface area contributed by atoms with Crippen LogP contribution in [0.15, 0.2) is 30.6 Å². The second-order valence-corrected chi connectivity index (χ2v) is 5.26. The van der Waals surface area contributed by atoms with Crippen LogP contribution in [0.4, 0.5) is 23.0 Å². The van der Waals surface area contributed by atoms with Crippen molar-refractivity contribution in [2.45, 2.75) is 0 Å². The first-order valence-corrected chi connectivity index (χ1v) is 7.48. The van der Waals surface area contributed by atoms with Gasteiger partial charge in [-0.3, -0.25) is 10.1 Å². The van der Waals surface area contributed by atoms with Gasteiger partial charge in [0.1, 0.15) is 6.33 Å². The molecule has 1 aliphatic rings. The van der Waals surface area contributed by atoms with Gasteiger partial charge in [-0.1, -0.05) is 0 Å². The molecule has 2 N–H and O–H groups in total. The summed E-state index contributed by atoms with van der Waals surface area (Å²) in [4.78, 5) is 31.7. The molecule has 1 saturated heterocycles. The van der Waals surface area contributed by atoms with Crippen molar-refractivity contribution >= 4 is 29.0 Å². The highest BCUT2D eigenvalue weighted by Crippen LogP contribution is 2.33. The van der Waals surface area contributed by atoms with E-state index in [1.807, 2.05) is 0 Å². The van der Waals surface area contributed by atoms with Crippen molar-refractivity contribution in [1.29, 1.82) is 0 Å². The number of hydrogen-bond acceptors (Lipinski definition) is 8. The standard InChI is InChI=1S/C15H15N5O5/c21-15(22)10-1-3-11(4-2-10)18-13-12(20(23)24)14(17-9-16-13)19-5-7-25-8-6-19/h1-4,9H,5-8H2,(H,21,22)(H,16,17,18). The highest BCUT2D eigenvalue weighted by atomic mass is 16.6. The monoisotopic (exact) mass is 345 g/mol. The minimum Gasteiger partial charge on any atom is -0.478 e. The van der Waals surface area contributed by atoms with Gasteiger partial charge in [0.05, 0.1) is 23.7 Å². The summed E-state index contributed by atoms with van der Waals surface area (Å²) in [5.41, 5.74) is 0.378. The molecule has 10 heteroatoms. The van der Waals surface area contributed by atoms with Crippen molar-refractivity contribution < 1.29 is 19.6 Å². The Labute approximate surface area is 142 Å². The van der Waals surface area contributed by atoms with Crippen LogP contribution in [0, 0.1) is 10.1 Å². The number of anilines is 3. The molecule has 0 radical (unpaired) electrons. The molecule has 1 aromatic heterocycles. The largest absolute Gasteiger partial charge is 0.478 e. The van der Waals surface area contributed by atoms with E-state index in [1.165, 1.54) is 30.6 Å². The van der Waals surface area contributed by atoms with E-state index in [2.05, 4.69) is 15.3 Å². The van der Waals surface area contributed by atoms with Gasteiger partial charge in [0, 0.05) is 18.8 Å². The molecule has 2 aromatic rings. The number of hydrogen-bond donors (Lipinski definition) is 2. The molecule has 3 rings (SSSR count). The second kappa shape index (κ2) is 7.09. The van der Waals surface area contributed by atoms with E-state index in [0.717, 1.165) is 0 Å². The average Bonchev–Trinajstić information content (AvgIpc) is 2.62. The van der Waals surface area contributed by atoms with Crippen molar-refractivity contribution in [2.75, 3.05) is 36.5 Å². The quantitative estimate of drug-likeness (QED) is 0.613. The Kier molecular flexibility index (Phi) is 4.70. The highest BCUT2D eigenvalue weighted by molar-refractivity contribution is 5.88. The van der Waals surface area contributed by atoms with Gasteiger partial charge < -0.3 is 20.1 Å². The molecule has 0 amide bonds. The van der Waals surface area contributed by atoms with Crippen LogP contribution in [0.25, 0.3) is 0 Å². The number of carboxylic acid groups (broad SMARTS) is 1. The molecule has 130 valence electrons. The van der Waals surface area contributed by atoms with Crippen molar-refractivity contribution in [3.8, 4) is 0 Å². The van der Waals surface area contributed by atoms with Gasteiger partial charge in [0.25, 0.3) is 0 Å². The van der Waals surface area contributed by atoms with Crippen LogP contribution in [0.5, 0.6) is 0 Å². The number of nitrogens with one attached hydrogen (secondary N) is 1. The molecule has 1 aromatic carbocycles. The van der Waals surface area contributed by atoms with Gasteiger partial charge in [0.15, 0.2) is 0 Å². The number of rotatable bonds is 5. The maximum atomic E-state index is 11.6. The Morgan fingerprint density at radius 2 is 1.92 bits per heavy atom. The van der Waals surface area contributed by atoms with E-state index in [4.69, 9.17) is 9.84 Å². The molecule has 0 unspecified atom stereocenters. The number of carboxylic acids is 1. The number of carbonyl (C=O) groups is 1. The van der Waals surface area contributed by atoms with Crippen molar-refractivity contribution in [3.05, 3.63) is 46.3 Å². The fraction of sp³-hybridized carbons (Fsp3) is 0.267. The van der Waals surface area contributed by atoms with Crippen molar-refractivity contribution in [1.82, 2.24) is 9.97 Å². The minimum atomic E-state index is -1.05. The van der Waals surface area contributed by atoms with Gasteiger partial charge in [-0.05, 0) is 24.3 Å². The highest BCUT2D eigenvalue weighted by Gasteiger charge is 2.28. The summed E-state index contributed by atoms with van der Waals surface area (Å²) in [6.07, 6.45) is 1.26. The summed E-state index contributed by atoms with van der Waals surface area (Å²) >= 11 is 0. The van der Waals surface area contributed by atoms with Crippen LogP contribution in [0.3, 0.4) is 0 Å². The Balaban J connectivity index is 1.92. The van der Waals surface area contributed by atoms with E-state index < -0.39 is 10.9 Å². The van der Waals surface area contributed by atoms with Gasteiger partial charge in [0.2, 0.25) is 11.6 Å². The van der Waals surface area contributed by atoms with E-state index in [0.29, 0.717) is 32.0 Å². The van der Waals surface area contributed by atoms with Crippen LogP contribution in [0.2, 0.25) is 0 Å². The lowest BCUT2D eigenvalue weighted by atomic mass is 10.2. The van der Waals surface area contributed by atoms with Crippen LogP contribution in [0.1, 0.15) is 10.4 Å². The van der Waals surface area contributed by atoms with Gasteiger partial charge in [-0.25, -0.2) is 14.8 Å². The first-order valence-electron chi connectivity index (χ1n) is 7.48. The Morgan fingerprint density at radius 1 is 1.24 bits per heavy atom. The number of aromatic nitrogens is 2. The van der Waals surface area contributed by atoms with Crippen molar-refractivity contribution in [2.24, 2.45) is 0 Å². The van der Waals surface area contributed by atoms with E-state index >= 15 is 0 Å². The molecule has 1 fully saturated rings. The third kappa shape index (κ3) is 3.63. The third-order valence-electron chi connectivity index (χ3n) is 3.69. The predicted molar refractivity (Wildman–Crippen MR) is 88.4 cm³/mol. The number of nitrogens with zero attached hydrogens (tertiary/aromatic N) is 4. The molecule has 2 heterocycles. The summed E-state index contributed by atoms with van der Waals surface area (Å²) in [5.74, 6) is -0.772. The fourth-order valence-corrected chi connectivity index (χ4v) is 2.47. The zero-order valence-electron chi connectivity index (χ0n) is 13.1. The summed E-state index contributed by atoms with van der Waals surface area (Å²) in [7, 11) is 0. The molecule has 0 spiro atoms. The van der Waals surface area contributed by atoms with Gasteiger partial charge in [-0.15, -0.1) is 0 Å². The second-order valence-electron chi connectivity index (χ2n) is 5.26.